The molecular formula is C11H12F3N3O2. The minimum Gasteiger partial charge on any atom is -0.351 e. The van der Waals surface area contributed by atoms with Crippen LogP contribution >= 0.6 is 0 Å². The lowest BCUT2D eigenvalue weighted by atomic mass is 10.1. The number of rotatable bonds is 4. The Morgan fingerprint density at radius 1 is 1.21 bits per heavy atom. The smallest absolute Gasteiger partial charge is 0.351 e. The number of imide groups is 1. The maximum atomic E-state index is 12.6. The minimum absolute atomic E-state index is 0.0156. The number of hydrogen-bond donors (Lipinski definition) is 3. The summed E-state index contributed by atoms with van der Waals surface area (Å²) in [4.78, 5) is 21.4. The van der Waals surface area contributed by atoms with Crippen molar-refractivity contribution in [2.24, 2.45) is 5.73 Å². The third kappa shape index (κ3) is 4.96. The highest BCUT2D eigenvalue weighted by atomic mass is 19.4. The average Bonchev–Trinajstić information content (AvgIpc) is 2.27. The molecule has 0 aliphatic carbocycles. The minimum atomic E-state index is -4.45. The number of hydrogen-bond acceptors (Lipinski definition) is 3. The molecule has 0 aliphatic heterocycles. The zero-order valence-electron chi connectivity index (χ0n) is 9.75. The standard InChI is InChI=1S/C11H12F3N3O2/c12-11(13,14)8-4-2-1-3-7(8)5-16-6-9(18)17-10(15)19/h1-4,16H,5-6H2,(H3,15,17,18,19). The molecule has 0 heterocycles. The van der Waals surface area contributed by atoms with Gasteiger partial charge in [-0.25, -0.2) is 4.79 Å². The summed E-state index contributed by atoms with van der Waals surface area (Å²) in [5, 5.41) is 4.29. The molecule has 0 saturated heterocycles. The Hall–Kier alpha value is -2.09. The van der Waals surface area contributed by atoms with Crippen LogP contribution in [0.3, 0.4) is 0 Å². The van der Waals surface area contributed by atoms with E-state index in [9.17, 15) is 22.8 Å². The first kappa shape index (κ1) is 15.0. The molecule has 3 amide bonds. The van der Waals surface area contributed by atoms with E-state index in [0.29, 0.717) is 0 Å². The number of nitrogens with two attached hydrogens (primary N) is 1. The molecule has 1 aromatic rings. The fourth-order valence-corrected chi connectivity index (χ4v) is 1.44. The van der Waals surface area contributed by atoms with Gasteiger partial charge < -0.3 is 11.1 Å². The third-order valence-corrected chi connectivity index (χ3v) is 2.19. The van der Waals surface area contributed by atoms with Crippen LogP contribution in [0.15, 0.2) is 24.3 Å². The predicted octanol–water partition coefficient (Wildman–Crippen LogP) is 0.990. The number of carbonyl (C=O) groups is 2. The largest absolute Gasteiger partial charge is 0.416 e. The van der Waals surface area contributed by atoms with E-state index in [2.05, 4.69) is 5.32 Å². The molecule has 8 heteroatoms. The van der Waals surface area contributed by atoms with E-state index in [4.69, 9.17) is 5.73 Å². The van der Waals surface area contributed by atoms with E-state index in [1.165, 1.54) is 18.2 Å². The van der Waals surface area contributed by atoms with E-state index < -0.39 is 23.7 Å². The Labute approximate surface area is 107 Å². The number of amides is 3. The first-order chi connectivity index (χ1) is 8.80. The molecule has 104 valence electrons. The summed E-state index contributed by atoms with van der Waals surface area (Å²) in [6, 6.07) is 4.01. The zero-order valence-corrected chi connectivity index (χ0v) is 9.75. The number of alkyl halides is 3. The fraction of sp³-hybridized carbons (Fsp3) is 0.273. The van der Waals surface area contributed by atoms with Crippen LogP contribution < -0.4 is 16.4 Å². The maximum Gasteiger partial charge on any atom is 0.416 e. The van der Waals surface area contributed by atoms with E-state index in [1.54, 1.807) is 5.32 Å². The summed E-state index contributed by atoms with van der Waals surface area (Å²) in [5.41, 5.74) is 3.96. The summed E-state index contributed by atoms with van der Waals surface area (Å²) >= 11 is 0. The summed E-state index contributed by atoms with van der Waals surface area (Å²) in [5.74, 6) is -0.711. The van der Waals surface area contributed by atoms with Gasteiger partial charge in [0.15, 0.2) is 0 Å². The fourth-order valence-electron chi connectivity index (χ4n) is 1.44. The number of nitrogens with one attached hydrogen (secondary N) is 2. The van der Waals surface area contributed by atoms with Crippen molar-refractivity contribution in [2.75, 3.05) is 6.54 Å². The Morgan fingerprint density at radius 2 is 1.84 bits per heavy atom. The van der Waals surface area contributed by atoms with Crippen molar-refractivity contribution in [2.45, 2.75) is 12.7 Å². The molecule has 0 bridgehead atoms. The molecule has 1 aromatic carbocycles. The first-order valence-electron chi connectivity index (χ1n) is 5.26. The number of benzene rings is 1. The maximum absolute atomic E-state index is 12.6. The van der Waals surface area contributed by atoms with E-state index >= 15 is 0 Å². The van der Waals surface area contributed by atoms with Crippen molar-refractivity contribution in [1.29, 1.82) is 0 Å². The molecule has 0 aliphatic rings. The van der Waals surface area contributed by atoms with Crippen molar-refractivity contribution in [3.05, 3.63) is 35.4 Å². The second-order valence-electron chi connectivity index (χ2n) is 3.67. The van der Waals surface area contributed by atoms with Crippen LogP contribution in [0.2, 0.25) is 0 Å². The van der Waals surface area contributed by atoms with Crippen molar-refractivity contribution in [3.8, 4) is 0 Å². The number of primary amides is 1. The van der Waals surface area contributed by atoms with Gasteiger partial charge in [-0.1, -0.05) is 18.2 Å². The zero-order chi connectivity index (χ0) is 14.5. The van der Waals surface area contributed by atoms with Crippen LogP contribution in [0, 0.1) is 0 Å². The molecule has 0 fully saturated rings. The van der Waals surface area contributed by atoms with E-state index in [0.717, 1.165) is 6.07 Å². The molecule has 5 nitrogen and oxygen atoms in total. The van der Waals surface area contributed by atoms with Crippen LogP contribution in [0.4, 0.5) is 18.0 Å². The highest BCUT2D eigenvalue weighted by Crippen LogP contribution is 2.31. The second-order valence-corrected chi connectivity index (χ2v) is 3.67. The van der Waals surface area contributed by atoms with Gasteiger partial charge in [-0.05, 0) is 11.6 Å². The van der Waals surface area contributed by atoms with Crippen molar-refractivity contribution >= 4 is 11.9 Å². The van der Waals surface area contributed by atoms with Gasteiger partial charge in [0.2, 0.25) is 5.91 Å². The molecule has 0 atom stereocenters. The summed E-state index contributed by atoms with van der Waals surface area (Å²) in [6.45, 7) is -0.461. The Kier molecular flexibility index (Phi) is 4.87. The molecule has 0 unspecified atom stereocenters. The predicted molar refractivity (Wildman–Crippen MR) is 60.9 cm³/mol. The lowest BCUT2D eigenvalue weighted by Gasteiger charge is -2.12. The number of urea groups is 1. The average molecular weight is 275 g/mol. The summed E-state index contributed by atoms with van der Waals surface area (Å²) < 4.78 is 37.9. The Balaban J connectivity index is 2.59. The van der Waals surface area contributed by atoms with Gasteiger partial charge in [-0.2, -0.15) is 13.2 Å². The Morgan fingerprint density at radius 3 is 2.42 bits per heavy atom. The van der Waals surface area contributed by atoms with Crippen LogP contribution in [-0.2, 0) is 17.5 Å². The molecule has 0 saturated carbocycles. The van der Waals surface area contributed by atoms with Gasteiger partial charge in [-0.3, -0.25) is 10.1 Å². The van der Waals surface area contributed by atoms with E-state index in [-0.39, 0.29) is 18.7 Å². The molecule has 0 radical (unpaired) electrons. The molecular weight excluding hydrogens is 263 g/mol. The quantitative estimate of drug-likeness (QED) is 0.766. The monoisotopic (exact) mass is 275 g/mol. The lowest BCUT2D eigenvalue weighted by Crippen LogP contribution is -2.40. The molecule has 4 N–H and O–H groups in total. The van der Waals surface area contributed by atoms with Gasteiger partial charge >= 0.3 is 12.2 Å². The molecule has 1 rings (SSSR count). The van der Waals surface area contributed by atoms with Crippen LogP contribution in [0.25, 0.3) is 0 Å². The normalized spacial score (nSPS) is 11.1. The lowest BCUT2D eigenvalue weighted by molar-refractivity contribution is -0.138. The van der Waals surface area contributed by atoms with Crippen LogP contribution in [-0.4, -0.2) is 18.5 Å². The SMILES string of the molecule is NC(=O)NC(=O)CNCc1ccccc1C(F)(F)F. The first-order valence-corrected chi connectivity index (χ1v) is 5.26. The summed E-state index contributed by atoms with van der Waals surface area (Å²) in [6.07, 6.45) is -4.45. The molecule has 0 aromatic heterocycles. The summed E-state index contributed by atoms with van der Waals surface area (Å²) in [7, 11) is 0. The van der Waals surface area contributed by atoms with Gasteiger partial charge in [-0.15, -0.1) is 0 Å². The van der Waals surface area contributed by atoms with Gasteiger partial charge in [0, 0.05) is 6.54 Å². The van der Waals surface area contributed by atoms with Crippen molar-refractivity contribution in [1.82, 2.24) is 10.6 Å². The number of halogens is 3. The van der Waals surface area contributed by atoms with Gasteiger partial charge in [0.1, 0.15) is 0 Å². The highest BCUT2D eigenvalue weighted by molar-refractivity contribution is 5.94. The number of carbonyl (C=O) groups excluding carboxylic acids is 2. The molecule has 19 heavy (non-hydrogen) atoms. The Bertz CT molecular complexity index is 474. The third-order valence-electron chi connectivity index (χ3n) is 2.19. The van der Waals surface area contributed by atoms with Gasteiger partial charge in [0.05, 0.1) is 12.1 Å². The van der Waals surface area contributed by atoms with Crippen LogP contribution in [0.1, 0.15) is 11.1 Å². The van der Waals surface area contributed by atoms with Crippen molar-refractivity contribution < 1.29 is 22.8 Å². The van der Waals surface area contributed by atoms with Crippen LogP contribution in [0.5, 0.6) is 0 Å². The van der Waals surface area contributed by atoms with Gasteiger partial charge in [0.25, 0.3) is 0 Å². The topological polar surface area (TPSA) is 84.2 Å². The van der Waals surface area contributed by atoms with E-state index in [1.807, 2.05) is 0 Å². The molecule has 0 spiro atoms. The second kappa shape index (κ2) is 6.19. The van der Waals surface area contributed by atoms with Crippen molar-refractivity contribution in [3.63, 3.8) is 0 Å². The highest BCUT2D eigenvalue weighted by Gasteiger charge is 2.32.